The molecule has 0 fully saturated rings. The van der Waals surface area contributed by atoms with Crippen LogP contribution in [-0.4, -0.2) is 28.4 Å². The number of para-hydroxylation sites is 1. The van der Waals surface area contributed by atoms with Crippen LogP contribution in [0, 0.1) is 13.8 Å². The van der Waals surface area contributed by atoms with Crippen LogP contribution in [0.1, 0.15) is 48.8 Å². The van der Waals surface area contributed by atoms with Crippen molar-refractivity contribution in [2.75, 3.05) is 7.05 Å². The molecule has 0 radical (unpaired) electrons. The van der Waals surface area contributed by atoms with Gasteiger partial charge in [0.2, 0.25) is 0 Å². The highest BCUT2D eigenvalue weighted by molar-refractivity contribution is 5.80. The van der Waals surface area contributed by atoms with Crippen molar-refractivity contribution in [1.82, 2.24) is 20.4 Å². The summed E-state index contributed by atoms with van der Waals surface area (Å²) in [6, 6.07) is 8.36. The van der Waals surface area contributed by atoms with Crippen LogP contribution in [0.15, 0.2) is 29.3 Å². The molecule has 1 aliphatic rings. The summed E-state index contributed by atoms with van der Waals surface area (Å²) in [6.07, 6.45) is 0.871. The summed E-state index contributed by atoms with van der Waals surface area (Å²) >= 11 is 0. The predicted octanol–water partition coefficient (Wildman–Crippen LogP) is 3.00. The second-order valence-corrected chi connectivity index (χ2v) is 7.50. The number of hydrogen-bond donors (Lipinski definition) is 2. The molecule has 26 heavy (non-hydrogen) atoms. The number of fused-ring (bicyclic) bond motifs is 1. The zero-order valence-corrected chi connectivity index (χ0v) is 16.6. The molecule has 0 amide bonds. The van der Waals surface area contributed by atoms with Gasteiger partial charge >= 0.3 is 0 Å². The van der Waals surface area contributed by atoms with Crippen molar-refractivity contribution in [1.29, 1.82) is 0 Å². The van der Waals surface area contributed by atoms with Crippen LogP contribution in [0.5, 0.6) is 5.75 Å². The normalized spacial score (nSPS) is 18.8. The van der Waals surface area contributed by atoms with E-state index in [0.717, 1.165) is 23.8 Å². The van der Waals surface area contributed by atoms with Crippen LogP contribution in [0.3, 0.4) is 0 Å². The van der Waals surface area contributed by atoms with E-state index in [2.05, 4.69) is 47.6 Å². The number of nitrogens with one attached hydrogen (secondary N) is 2. The minimum absolute atomic E-state index is 0.150. The summed E-state index contributed by atoms with van der Waals surface area (Å²) < 4.78 is 8.03. The summed E-state index contributed by atoms with van der Waals surface area (Å²) in [5.41, 5.74) is 4.38. The van der Waals surface area contributed by atoms with Crippen LogP contribution in [0.4, 0.5) is 0 Å². The zero-order chi connectivity index (χ0) is 18.9. The van der Waals surface area contributed by atoms with Crippen molar-refractivity contribution < 1.29 is 4.74 Å². The first-order chi connectivity index (χ1) is 12.3. The number of ether oxygens (including phenoxy) is 1. The van der Waals surface area contributed by atoms with Gasteiger partial charge in [-0.05, 0) is 33.8 Å². The van der Waals surface area contributed by atoms with Crippen molar-refractivity contribution in [2.45, 2.75) is 52.3 Å². The molecular weight excluding hydrogens is 326 g/mol. The highest BCUT2D eigenvalue weighted by Crippen LogP contribution is 2.39. The molecule has 2 N–H and O–H groups in total. The Balaban J connectivity index is 1.74. The topological polar surface area (TPSA) is 63.5 Å². The van der Waals surface area contributed by atoms with Gasteiger partial charge in [0.05, 0.1) is 11.7 Å². The molecule has 0 bridgehead atoms. The second-order valence-electron chi connectivity index (χ2n) is 7.50. The molecule has 1 aromatic carbocycles. The lowest BCUT2D eigenvalue weighted by Crippen LogP contribution is -2.45. The summed E-state index contributed by atoms with van der Waals surface area (Å²) in [6.45, 7) is 9.06. The Morgan fingerprint density at radius 1 is 1.35 bits per heavy atom. The second kappa shape index (κ2) is 7.02. The van der Waals surface area contributed by atoms with Crippen LogP contribution >= 0.6 is 0 Å². The van der Waals surface area contributed by atoms with E-state index in [1.807, 2.05) is 36.9 Å². The highest BCUT2D eigenvalue weighted by Gasteiger charge is 2.33. The van der Waals surface area contributed by atoms with E-state index in [1.165, 1.54) is 16.8 Å². The molecule has 0 saturated carbocycles. The van der Waals surface area contributed by atoms with Gasteiger partial charge in [0, 0.05) is 43.9 Å². The quantitative estimate of drug-likeness (QED) is 0.656. The maximum absolute atomic E-state index is 6.12. The largest absolute Gasteiger partial charge is 0.487 e. The SMILES string of the molecule is CN=C(NCc1c(C)nn(C)c1C)NC1CC(C)(C)Oc2ccccc21. The van der Waals surface area contributed by atoms with Crippen LogP contribution < -0.4 is 15.4 Å². The fraction of sp³-hybridized carbons (Fsp3) is 0.500. The van der Waals surface area contributed by atoms with Gasteiger partial charge in [-0.25, -0.2) is 0 Å². The average Bonchev–Trinajstić information content (AvgIpc) is 2.82. The third-order valence-electron chi connectivity index (χ3n) is 5.00. The standard InChI is InChI=1S/C20H29N5O/c1-13-16(14(2)25(6)24-13)12-22-19(21-5)23-17-11-20(3,4)26-18-10-8-7-9-15(17)18/h7-10,17H,11-12H2,1-6H3,(H2,21,22,23). The van der Waals surface area contributed by atoms with Gasteiger partial charge in [-0.15, -0.1) is 0 Å². The number of aliphatic imine (C=N–C) groups is 1. The molecule has 1 atom stereocenters. The highest BCUT2D eigenvalue weighted by atomic mass is 16.5. The van der Waals surface area contributed by atoms with E-state index in [4.69, 9.17) is 4.74 Å². The predicted molar refractivity (Wildman–Crippen MR) is 105 cm³/mol. The molecule has 140 valence electrons. The van der Waals surface area contributed by atoms with Gasteiger partial charge < -0.3 is 15.4 Å². The van der Waals surface area contributed by atoms with E-state index in [1.54, 1.807) is 7.05 Å². The fourth-order valence-corrected chi connectivity index (χ4v) is 3.54. The van der Waals surface area contributed by atoms with Crippen molar-refractivity contribution >= 4 is 5.96 Å². The molecular formula is C20H29N5O. The van der Waals surface area contributed by atoms with E-state index in [0.29, 0.717) is 6.54 Å². The smallest absolute Gasteiger partial charge is 0.191 e. The minimum atomic E-state index is -0.221. The Morgan fingerprint density at radius 3 is 2.73 bits per heavy atom. The Kier molecular flexibility index (Phi) is 4.94. The molecule has 1 unspecified atom stereocenters. The van der Waals surface area contributed by atoms with E-state index in [-0.39, 0.29) is 11.6 Å². The molecule has 1 aliphatic heterocycles. The van der Waals surface area contributed by atoms with Gasteiger partial charge in [-0.2, -0.15) is 5.10 Å². The van der Waals surface area contributed by atoms with E-state index in [9.17, 15) is 0 Å². The van der Waals surface area contributed by atoms with Crippen molar-refractivity contribution in [3.05, 3.63) is 46.8 Å². The van der Waals surface area contributed by atoms with E-state index >= 15 is 0 Å². The first-order valence-corrected chi connectivity index (χ1v) is 9.05. The van der Waals surface area contributed by atoms with Gasteiger partial charge in [0.25, 0.3) is 0 Å². The monoisotopic (exact) mass is 355 g/mol. The van der Waals surface area contributed by atoms with E-state index < -0.39 is 0 Å². The van der Waals surface area contributed by atoms with Gasteiger partial charge in [-0.3, -0.25) is 9.67 Å². The summed E-state index contributed by atoms with van der Waals surface area (Å²) in [5, 5.41) is 11.5. The van der Waals surface area contributed by atoms with Crippen molar-refractivity contribution in [2.24, 2.45) is 12.0 Å². The third kappa shape index (κ3) is 3.69. The molecule has 0 aliphatic carbocycles. The lowest BCUT2D eigenvalue weighted by molar-refractivity contribution is 0.0694. The fourth-order valence-electron chi connectivity index (χ4n) is 3.54. The lowest BCUT2D eigenvalue weighted by Gasteiger charge is -2.38. The Morgan fingerprint density at radius 2 is 2.08 bits per heavy atom. The molecule has 1 aromatic heterocycles. The number of benzene rings is 1. The van der Waals surface area contributed by atoms with Crippen molar-refractivity contribution in [3.63, 3.8) is 0 Å². The Labute approximate surface area is 155 Å². The maximum Gasteiger partial charge on any atom is 0.191 e. The molecule has 0 spiro atoms. The lowest BCUT2D eigenvalue weighted by atomic mass is 9.90. The van der Waals surface area contributed by atoms with Gasteiger partial charge in [0.1, 0.15) is 11.4 Å². The summed E-state index contributed by atoms with van der Waals surface area (Å²) in [5.74, 6) is 1.72. The first kappa shape index (κ1) is 18.3. The van der Waals surface area contributed by atoms with Gasteiger partial charge in [0.15, 0.2) is 5.96 Å². The molecule has 2 heterocycles. The third-order valence-corrected chi connectivity index (χ3v) is 5.00. The molecule has 0 saturated heterocycles. The maximum atomic E-state index is 6.12. The van der Waals surface area contributed by atoms with Crippen LogP contribution in [-0.2, 0) is 13.6 Å². The number of hydrogen-bond acceptors (Lipinski definition) is 3. The van der Waals surface area contributed by atoms with Crippen molar-refractivity contribution in [3.8, 4) is 5.75 Å². The molecule has 6 heteroatoms. The molecule has 2 aromatic rings. The first-order valence-electron chi connectivity index (χ1n) is 9.05. The number of aryl methyl sites for hydroxylation is 2. The average molecular weight is 355 g/mol. The minimum Gasteiger partial charge on any atom is -0.487 e. The number of nitrogens with zero attached hydrogens (tertiary/aromatic N) is 3. The van der Waals surface area contributed by atoms with Crippen LogP contribution in [0.2, 0.25) is 0 Å². The summed E-state index contributed by atoms with van der Waals surface area (Å²) in [7, 11) is 3.77. The number of aromatic nitrogens is 2. The zero-order valence-electron chi connectivity index (χ0n) is 16.6. The number of rotatable bonds is 3. The number of guanidine groups is 1. The Hall–Kier alpha value is -2.50. The summed E-state index contributed by atoms with van der Waals surface area (Å²) in [4.78, 5) is 4.41. The van der Waals surface area contributed by atoms with Crippen LogP contribution in [0.25, 0.3) is 0 Å². The molecule has 3 rings (SSSR count). The molecule has 6 nitrogen and oxygen atoms in total. The van der Waals surface area contributed by atoms with Gasteiger partial charge in [-0.1, -0.05) is 18.2 Å². The Bertz CT molecular complexity index is 822.